The van der Waals surface area contributed by atoms with Crippen LogP contribution >= 0.6 is 34.5 Å². The Labute approximate surface area is 169 Å². The lowest BCUT2D eigenvalue weighted by Gasteiger charge is -2.06. The zero-order valence-corrected chi connectivity index (χ0v) is 17.0. The lowest BCUT2D eigenvalue weighted by molar-refractivity contribution is -0.143. The molecule has 0 radical (unpaired) electrons. The van der Waals surface area contributed by atoms with Crippen LogP contribution in [0, 0.1) is 6.92 Å². The minimum atomic E-state index is -0.438. The summed E-state index contributed by atoms with van der Waals surface area (Å²) in [6.07, 6.45) is 0. The van der Waals surface area contributed by atoms with Gasteiger partial charge in [0.05, 0.1) is 21.8 Å². The molecule has 0 N–H and O–H groups in total. The van der Waals surface area contributed by atoms with E-state index in [4.69, 9.17) is 27.9 Å². The Morgan fingerprint density at radius 1 is 1.19 bits per heavy atom. The molecule has 0 bridgehead atoms. The molecule has 8 heteroatoms. The standard InChI is InChI=1S/C19H16Cl2N2O3S/c1-3-26-16(24)10-23-17-14(21)8-13(20)9-15(17)27-19(23)22-18(25)12-6-4-11(2)5-7-12/h4-9H,3,10H2,1-2H3. The van der Waals surface area contributed by atoms with E-state index in [1.807, 2.05) is 19.1 Å². The van der Waals surface area contributed by atoms with Crippen molar-refractivity contribution in [2.45, 2.75) is 20.4 Å². The molecular weight excluding hydrogens is 407 g/mol. The molecule has 2 aromatic carbocycles. The van der Waals surface area contributed by atoms with Gasteiger partial charge in [0.15, 0.2) is 4.80 Å². The predicted molar refractivity (Wildman–Crippen MR) is 108 cm³/mol. The van der Waals surface area contributed by atoms with Crippen molar-refractivity contribution in [3.63, 3.8) is 0 Å². The normalized spacial score (nSPS) is 11.8. The number of esters is 1. The summed E-state index contributed by atoms with van der Waals surface area (Å²) in [7, 11) is 0. The molecule has 140 valence electrons. The van der Waals surface area contributed by atoms with E-state index >= 15 is 0 Å². The third-order valence-electron chi connectivity index (χ3n) is 3.78. The lowest BCUT2D eigenvalue weighted by atomic mass is 10.1. The number of carbonyl (C=O) groups excluding carboxylic acids is 2. The lowest BCUT2D eigenvalue weighted by Crippen LogP contribution is -2.23. The molecule has 0 aliphatic rings. The monoisotopic (exact) mass is 422 g/mol. The number of thiazole rings is 1. The predicted octanol–water partition coefficient (Wildman–Crippen LogP) is 4.62. The van der Waals surface area contributed by atoms with Crippen LogP contribution in [0.4, 0.5) is 0 Å². The van der Waals surface area contributed by atoms with Crippen molar-refractivity contribution >= 4 is 56.6 Å². The number of aromatic nitrogens is 1. The molecule has 5 nitrogen and oxygen atoms in total. The highest BCUT2D eigenvalue weighted by atomic mass is 35.5. The molecule has 1 heterocycles. The molecule has 0 fully saturated rings. The fourth-order valence-corrected chi connectivity index (χ4v) is 4.35. The maximum absolute atomic E-state index is 12.6. The first kappa shape index (κ1) is 19.6. The number of nitrogens with zero attached hydrogens (tertiary/aromatic N) is 2. The van der Waals surface area contributed by atoms with Crippen LogP contribution in [0.3, 0.4) is 0 Å². The average Bonchev–Trinajstić information content (AvgIpc) is 2.92. The van der Waals surface area contributed by atoms with E-state index in [0.29, 0.717) is 25.9 Å². The van der Waals surface area contributed by atoms with Gasteiger partial charge in [-0.3, -0.25) is 9.59 Å². The molecule has 0 unspecified atom stereocenters. The molecule has 27 heavy (non-hydrogen) atoms. The second-order valence-corrected chi connectivity index (χ2v) is 7.65. The second-order valence-electron chi connectivity index (χ2n) is 5.79. The first-order valence-corrected chi connectivity index (χ1v) is 9.76. The molecule has 1 amide bonds. The quantitative estimate of drug-likeness (QED) is 0.576. The van der Waals surface area contributed by atoms with Crippen LogP contribution in [0.25, 0.3) is 10.2 Å². The zero-order valence-electron chi connectivity index (χ0n) is 14.7. The Kier molecular flexibility index (Phi) is 5.99. The number of carbonyl (C=O) groups is 2. The summed E-state index contributed by atoms with van der Waals surface area (Å²) in [5, 5.41) is 0.843. The first-order chi connectivity index (χ1) is 12.9. The molecule has 0 aliphatic carbocycles. The highest BCUT2D eigenvalue weighted by Crippen LogP contribution is 2.29. The number of rotatable bonds is 4. The van der Waals surface area contributed by atoms with Gasteiger partial charge in [-0.25, -0.2) is 0 Å². The number of hydrogen-bond donors (Lipinski definition) is 0. The molecule has 0 aliphatic heterocycles. The van der Waals surface area contributed by atoms with Crippen LogP contribution in [-0.4, -0.2) is 23.1 Å². The zero-order chi connectivity index (χ0) is 19.6. The van der Waals surface area contributed by atoms with E-state index < -0.39 is 11.9 Å². The molecule has 1 aromatic heterocycles. The van der Waals surface area contributed by atoms with Crippen LogP contribution in [0.15, 0.2) is 41.4 Å². The van der Waals surface area contributed by atoms with Crippen molar-refractivity contribution in [3.8, 4) is 0 Å². The highest BCUT2D eigenvalue weighted by Gasteiger charge is 2.16. The van der Waals surface area contributed by atoms with Crippen molar-refractivity contribution in [2.75, 3.05) is 6.61 Å². The molecule has 0 atom stereocenters. The van der Waals surface area contributed by atoms with Gasteiger partial charge in [-0.15, -0.1) is 0 Å². The number of aryl methyl sites for hydroxylation is 1. The van der Waals surface area contributed by atoms with Gasteiger partial charge in [-0.2, -0.15) is 4.99 Å². The summed E-state index contributed by atoms with van der Waals surface area (Å²) in [6.45, 7) is 3.83. The summed E-state index contributed by atoms with van der Waals surface area (Å²) >= 11 is 13.7. The molecule has 0 saturated carbocycles. The van der Waals surface area contributed by atoms with E-state index in [-0.39, 0.29) is 13.2 Å². The SMILES string of the molecule is CCOC(=O)Cn1c(=NC(=O)c2ccc(C)cc2)sc2cc(Cl)cc(Cl)c21. The van der Waals surface area contributed by atoms with Gasteiger partial charge in [0.25, 0.3) is 5.91 Å². The summed E-state index contributed by atoms with van der Waals surface area (Å²) in [4.78, 5) is 29.2. The van der Waals surface area contributed by atoms with Crippen molar-refractivity contribution < 1.29 is 14.3 Å². The number of amides is 1. The average molecular weight is 423 g/mol. The summed E-state index contributed by atoms with van der Waals surface area (Å²) in [6, 6.07) is 10.4. The van der Waals surface area contributed by atoms with Crippen molar-refractivity contribution in [2.24, 2.45) is 4.99 Å². The molecule has 3 aromatic rings. The third kappa shape index (κ3) is 4.40. The van der Waals surface area contributed by atoms with E-state index in [9.17, 15) is 9.59 Å². The van der Waals surface area contributed by atoms with Crippen LogP contribution in [0.5, 0.6) is 0 Å². The van der Waals surface area contributed by atoms with Crippen LogP contribution in [0.2, 0.25) is 10.0 Å². The number of fused-ring (bicyclic) bond motifs is 1. The van der Waals surface area contributed by atoms with Crippen molar-refractivity contribution in [1.29, 1.82) is 0 Å². The smallest absolute Gasteiger partial charge is 0.326 e. The Balaban J connectivity index is 2.15. The van der Waals surface area contributed by atoms with Gasteiger partial charge < -0.3 is 9.30 Å². The molecular formula is C19H16Cl2N2O3S. The third-order valence-corrected chi connectivity index (χ3v) is 5.32. The fraction of sp³-hybridized carbons (Fsp3) is 0.211. The van der Waals surface area contributed by atoms with Gasteiger partial charge in [-0.05, 0) is 38.1 Å². The first-order valence-electron chi connectivity index (χ1n) is 8.18. The minimum Gasteiger partial charge on any atom is -0.465 e. The Morgan fingerprint density at radius 3 is 2.56 bits per heavy atom. The highest BCUT2D eigenvalue weighted by molar-refractivity contribution is 7.16. The minimum absolute atomic E-state index is 0.102. The number of ether oxygens (including phenoxy) is 1. The summed E-state index contributed by atoms with van der Waals surface area (Å²) in [5.74, 6) is -0.839. The Bertz CT molecular complexity index is 1080. The van der Waals surface area contributed by atoms with E-state index in [2.05, 4.69) is 4.99 Å². The Hall–Kier alpha value is -2.15. The van der Waals surface area contributed by atoms with E-state index in [1.165, 1.54) is 11.3 Å². The number of hydrogen-bond acceptors (Lipinski definition) is 4. The molecule has 3 rings (SSSR count). The maximum Gasteiger partial charge on any atom is 0.326 e. The maximum atomic E-state index is 12.6. The van der Waals surface area contributed by atoms with E-state index in [1.54, 1.807) is 35.8 Å². The summed E-state index contributed by atoms with van der Waals surface area (Å²) < 4.78 is 7.35. The molecule has 0 spiro atoms. The van der Waals surface area contributed by atoms with Crippen LogP contribution in [-0.2, 0) is 16.1 Å². The van der Waals surface area contributed by atoms with Gasteiger partial charge in [0.2, 0.25) is 0 Å². The van der Waals surface area contributed by atoms with Crippen LogP contribution < -0.4 is 4.80 Å². The number of halogens is 2. The second kappa shape index (κ2) is 8.25. The van der Waals surface area contributed by atoms with Crippen molar-refractivity contribution in [1.82, 2.24) is 4.57 Å². The topological polar surface area (TPSA) is 60.7 Å². The Morgan fingerprint density at radius 2 is 1.89 bits per heavy atom. The largest absolute Gasteiger partial charge is 0.465 e. The molecule has 0 saturated heterocycles. The van der Waals surface area contributed by atoms with Crippen molar-refractivity contribution in [3.05, 3.63) is 62.4 Å². The van der Waals surface area contributed by atoms with Gasteiger partial charge in [0, 0.05) is 10.6 Å². The van der Waals surface area contributed by atoms with E-state index in [0.717, 1.165) is 10.3 Å². The summed E-state index contributed by atoms with van der Waals surface area (Å²) in [5.41, 5.74) is 2.10. The van der Waals surface area contributed by atoms with Crippen LogP contribution in [0.1, 0.15) is 22.8 Å². The van der Waals surface area contributed by atoms with Gasteiger partial charge in [-0.1, -0.05) is 52.2 Å². The van der Waals surface area contributed by atoms with Gasteiger partial charge in [0.1, 0.15) is 6.54 Å². The van der Waals surface area contributed by atoms with Gasteiger partial charge >= 0.3 is 5.97 Å². The number of benzene rings is 2. The fourth-order valence-electron chi connectivity index (χ4n) is 2.54.